The highest BCUT2D eigenvalue weighted by Gasteiger charge is 2.37. The van der Waals surface area contributed by atoms with Crippen molar-refractivity contribution < 1.29 is 29.3 Å². The summed E-state index contributed by atoms with van der Waals surface area (Å²) in [4.78, 5) is 32.5. The molecule has 2 atom stereocenters. The Kier molecular flexibility index (Phi) is 4.42. The summed E-state index contributed by atoms with van der Waals surface area (Å²) >= 11 is 0. The van der Waals surface area contributed by atoms with Gasteiger partial charge in [0, 0.05) is 12.3 Å². The van der Waals surface area contributed by atoms with Gasteiger partial charge in [0.25, 0.3) is 0 Å². The van der Waals surface area contributed by atoms with Gasteiger partial charge >= 0.3 is 11.9 Å². The highest BCUT2D eigenvalue weighted by atomic mass is 16.5. The zero-order valence-electron chi connectivity index (χ0n) is 8.72. The lowest BCUT2D eigenvalue weighted by atomic mass is 9.79. The first-order valence-electron chi connectivity index (χ1n) is 5.07. The van der Waals surface area contributed by atoms with Gasteiger partial charge in [0.2, 0.25) is 0 Å². The van der Waals surface area contributed by atoms with E-state index in [-0.39, 0.29) is 18.8 Å². The van der Waals surface area contributed by atoms with Crippen LogP contribution in [-0.4, -0.2) is 41.1 Å². The number of Topliss-reactive ketones (excluding diaryl/α,β-unsaturated/α-hetero) is 1. The largest absolute Gasteiger partial charge is 0.481 e. The van der Waals surface area contributed by atoms with E-state index in [1.807, 2.05) is 0 Å². The molecular formula is C10H14O6. The molecule has 1 fully saturated rings. The van der Waals surface area contributed by atoms with Gasteiger partial charge in [0.15, 0.2) is 0 Å². The molecule has 90 valence electrons. The lowest BCUT2D eigenvalue weighted by Gasteiger charge is -2.26. The molecule has 1 rings (SSSR count). The predicted molar refractivity (Wildman–Crippen MR) is 51.9 cm³/mol. The van der Waals surface area contributed by atoms with Crippen LogP contribution < -0.4 is 0 Å². The zero-order chi connectivity index (χ0) is 12.1. The number of rotatable bonds is 5. The number of carboxylic acids is 2. The van der Waals surface area contributed by atoms with Gasteiger partial charge in [0.05, 0.1) is 6.61 Å². The third-order valence-corrected chi connectivity index (χ3v) is 2.64. The number of ketones is 1. The summed E-state index contributed by atoms with van der Waals surface area (Å²) in [5.74, 6) is -3.98. The molecule has 0 aromatic heterocycles. The Morgan fingerprint density at radius 2 is 2.06 bits per heavy atom. The molecule has 0 aromatic carbocycles. The van der Waals surface area contributed by atoms with Crippen LogP contribution in [0.4, 0.5) is 0 Å². The fraction of sp³-hybridized carbons (Fsp3) is 0.700. The first-order chi connectivity index (χ1) is 7.52. The van der Waals surface area contributed by atoms with Crippen LogP contribution in [0.15, 0.2) is 0 Å². The summed E-state index contributed by atoms with van der Waals surface area (Å²) in [5, 5.41) is 17.3. The lowest BCUT2D eigenvalue weighted by molar-refractivity contribution is -0.152. The Morgan fingerprint density at radius 1 is 1.38 bits per heavy atom. The van der Waals surface area contributed by atoms with Crippen LogP contribution in [0.3, 0.4) is 0 Å². The van der Waals surface area contributed by atoms with E-state index in [0.29, 0.717) is 12.8 Å². The Bertz CT molecular complexity index is 298. The van der Waals surface area contributed by atoms with Crippen molar-refractivity contribution in [3.05, 3.63) is 0 Å². The van der Waals surface area contributed by atoms with E-state index in [9.17, 15) is 14.4 Å². The van der Waals surface area contributed by atoms with Crippen LogP contribution in [0.1, 0.15) is 19.3 Å². The van der Waals surface area contributed by atoms with Crippen molar-refractivity contribution in [2.24, 2.45) is 11.8 Å². The summed E-state index contributed by atoms with van der Waals surface area (Å²) in [5.41, 5.74) is 0. The zero-order valence-corrected chi connectivity index (χ0v) is 8.72. The molecule has 1 aliphatic rings. The molecule has 0 bridgehead atoms. The van der Waals surface area contributed by atoms with Crippen molar-refractivity contribution in [3.8, 4) is 0 Å². The number of carbonyl (C=O) groups is 3. The van der Waals surface area contributed by atoms with E-state index < -0.39 is 30.4 Å². The summed E-state index contributed by atoms with van der Waals surface area (Å²) < 4.78 is 4.85. The normalized spacial score (nSPS) is 25.4. The molecule has 0 saturated heterocycles. The average Bonchev–Trinajstić information content (AvgIpc) is 2.16. The van der Waals surface area contributed by atoms with Crippen molar-refractivity contribution in [3.63, 3.8) is 0 Å². The summed E-state index contributed by atoms with van der Waals surface area (Å²) in [7, 11) is 0. The van der Waals surface area contributed by atoms with Gasteiger partial charge in [-0.15, -0.1) is 0 Å². The minimum absolute atomic E-state index is 0.00894. The molecule has 1 saturated carbocycles. The standard InChI is InChI=1S/C10H14O6/c11-7-3-1-2-6(9(7)10(14)15)4-16-5-8(12)13/h6,9H,1-5H2,(H,12,13)(H,14,15). The smallest absolute Gasteiger partial charge is 0.329 e. The van der Waals surface area contributed by atoms with Gasteiger partial charge in [-0.25, -0.2) is 4.79 Å². The maximum Gasteiger partial charge on any atom is 0.329 e. The van der Waals surface area contributed by atoms with Crippen LogP contribution in [0.2, 0.25) is 0 Å². The van der Waals surface area contributed by atoms with Gasteiger partial charge in [-0.2, -0.15) is 0 Å². The molecule has 6 nitrogen and oxygen atoms in total. The average molecular weight is 230 g/mol. The molecule has 1 aliphatic carbocycles. The van der Waals surface area contributed by atoms with Crippen molar-refractivity contribution in [2.75, 3.05) is 13.2 Å². The Hall–Kier alpha value is -1.43. The predicted octanol–water partition coefficient (Wildman–Crippen LogP) is 0.158. The molecular weight excluding hydrogens is 216 g/mol. The second-order valence-corrected chi connectivity index (χ2v) is 3.84. The van der Waals surface area contributed by atoms with Crippen LogP contribution in [-0.2, 0) is 19.1 Å². The number of aliphatic carboxylic acids is 2. The summed E-state index contributed by atoms with van der Waals surface area (Å²) in [6, 6.07) is 0. The minimum Gasteiger partial charge on any atom is -0.481 e. The highest BCUT2D eigenvalue weighted by molar-refractivity contribution is 5.99. The van der Waals surface area contributed by atoms with Crippen molar-refractivity contribution in [2.45, 2.75) is 19.3 Å². The third-order valence-electron chi connectivity index (χ3n) is 2.64. The third kappa shape index (κ3) is 3.30. The monoisotopic (exact) mass is 230 g/mol. The van der Waals surface area contributed by atoms with E-state index in [4.69, 9.17) is 14.9 Å². The lowest BCUT2D eigenvalue weighted by Crippen LogP contribution is -2.37. The minimum atomic E-state index is -1.14. The quantitative estimate of drug-likeness (QED) is 0.652. The Morgan fingerprint density at radius 3 is 2.62 bits per heavy atom. The molecule has 6 heteroatoms. The van der Waals surface area contributed by atoms with Crippen LogP contribution in [0.25, 0.3) is 0 Å². The van der Waals surface area contributed by atoms with Crippen LogP contribution >= 0.6 is 0 Å². The van der Waals surface area contributed by atoms with Crippen LogP contribution in [0.5, 0.6) is 0 Å². The second kappa shape index (κ2) is 5.60. The van der Waals surface area contributed by atoms with Gasteiger partial charge in [-0.1, -0.05) is 0 Å². The first kappa shape index (κ1) is 12.6. The molecule has 0 aliphatic heterocycles. The van der Waals surface area contributed by atoms with Gasteiger partial charge < -0.3 is 14.9 Å². The first-order valence-corrected chi connectivity index (χ1v) is 5.07. The molecule has 0 radical (unpaired) electrons. The maximum atomic E-state index is 11.4. The van der Waals surface area contributed by atoms with Gasteiger partial charge in [-0.05, 0) is 12.8 Å². The second-order valence-electron chi connectivity index (χ2n) is 3.84. The molecule has 0 amide bonds. The Balaban J connectivity index is 2.51. The number of hydrogen-bond acceptors (Lipinski definition) is 4. The van der Waals surface area contributed by atoms with E-state index >= 15 is 0 Å². The van der Waals surface area contributed by atoms with Crippen molar-refractivity contribution in [1.29, 1.82) is 0 Å². The van der Waals surface area contributed by atoms with E-state index in [0.717, 1.165) is 0 Å². The summed E-state index contributed by atoms with van der Waals surface area (Å²) in [6.45, 7) is -0.452. The maximum absolute atomic E-state index is 11.4. The molecule has 16 heavy (non-hydrogen) atoms. The van der Waals surface area contributed by atoms with E-state index in [2.05, 4.69) is 0 Å². The van der Waals surface area contributed by atoms with E-state index in [1.165, 1.54) is 0 Å². The number of ether oxygens (including phenoxy) is 1. The van der Waals surface area contributed by atoms with Gasteiger partial charge in [0.1, 0.15) is 18.3 Å². The fourth-order valence-corrected chi connectivity index (χ4v) is 1.94. The fourth-order valence-electron chi connectivity index (χ4n) is 1.94. The molecule has 0 aromatic rings. The summed E-state index contributed by atoms with van der Waals surface area (Å²) in [6.07, 6.45) is 1.51. The number of carboxylic acid groups (broad SMARTS) is 2. The Labute approximate surface area is 92.2 Å². The number of carbonyl (C=O) groups excluding carboxylic acids is 1. The topological polar surface area (TPSA) is 101 Å². The van der Waals surface area contributed by atoms with Crippen molar-refractivity contribution in [1.82, 2.24) is 0 Å². The molecule has 2 unspecified atom stereocenters. The number of hydrogen-bond donors (Lipinski definition) is 2. The van der Waals surface area contributed by atoms with Crippen LogP contribution in [0, 0.1) is 11.8 Å². The molecule has 2 N–H and O–H groups in total. The van der Waals surface area contributed by atoms with Crippen molar-refractivity contribution >= 4 is 17.7 Å². The van der Waals surface area contributed by atoms with E-state index in [1.54, 1.807) is 0 Å². The van der Waals surface area contributed by atoms with Gasteiger partial charge in [-0.3, -0.25) is 9.59 Å². The molecule has 0 spiro atoms. The molecule has 0 heterocycles. The highest BCUT2D eigenvalue weighted by Crippen LogP contribution is 2.27. The SMILES string of the molecule is O=C(O)COCC1CCCC(=O)C1C(=O)O.